The summed E-state index contributed by atoms with van der Waals surface area (Å²) in [5.41, 5.74) is 0.643. The summed E-state index contributed by atoms with van der Waals surface area (Å²) in [5.74, 6) is 0.442. The standard InChI is InChI=1S/C10H11N3O/c14-9(8-4-2-1-3-5-8)13-10-11-6-7-12-10/h1-5H,6-7H2,(H2,11,12,13,14). The zero-order valence-corrected chi connectivity index (χ0v) is 7.66. The average Bonchev–Trinajstić information content (AvgIpc) is 2.72. The van der Waals surface area contributed by atoms with Gasteiger partial charge in [0.05, 0.1) is 6.54 Å². The summed E-state index contributed by atoms with van der Waals surface area (Å²) < 4.78 is 0. The summed E-state index contributed by atoms with van der Waals surface area (Å²) in [5, 5.41) is 5.67. The molecule has 0 radical (unpaired) electrons. The van der Waals surface area contributed by atoms with Crippen molar-refractivity contribution in [2.24, 2.45) is 4.99 Å². The number of nitrogens with one attached hydrogen (secondary N) is 2. The van der Waals surface area contributed by atoms with Crippen molar-refractivity contribution >= 4 is 11.9 Å². The van der Waals surface area contributed by atoms with Crippen molar-refractivity contribution in [2.75, 3.05) is 13.1 Å². The molecule has 1 aliphatic heterocycles. The lowest BCUT2D eigenvalue weighted by Crippen LogP contribution is -2.38. The van der Waals surface area contributed by atoms with Gasteiger partial charge in [0.25, 0.3) is 5.91 Å². The topological polar surface area (TPSA) is 53.5 Å². The van der Waals surface area contributed by atoms with Crippen LogP contribution in [0.1, 0.15) is 10.4 Å². The first-order chi connectivity index (χ1) is 6.86. The van der Waals surface area contributed by atoms with Crippen LogP contribution in [0.25, 0.3) is 0 Å². The van der Waals surface area contributed by atoms with Gasteiger partial charge < -0.3 is 5.32 Å². The molecule has 1 aromatic carbocycles. The van der Waals surface area contributed by atoms with Crippen molar-refractivity contribution in [3.63, 3.8) is 0 Å². The molecule has 2 N–H and O–H groups in total. The Morgan fingerprint density at radius 3 is 2.79 bits per heavy atom. The van der Waals surface area contributed by atoms with Crippen molar-refractivity contribution in [1.29, 1.82) is 0 Å². The van der Waals surface area contributed by atoms with Gasteiger partial charge in [-0.05, 0) is 12.1 Å². The molecule has 0 aromatic heterocycles. The Morgan fingerprint density at radius 2 is 2.14 bits per heavy atom. The molecule has 1 aromatic rings. The number of aliphatic imine (C=N–C) groups is 1. The Balaban J connectivity index is 2.03. The molecule has 14 heavy (non-hydrogen) atoms. The third-order valence-corrected chi connectivity index (χ3v) is 1.94. The molecule has 0 bridgehead atoms. The molecule has 2 rings (SSSR count). The second-order valence-corrected chi connectivity index (χ2v) is 2.98. The van der Waals surface area contributed by atoms with Gasteiger partial charge in [-0.3, -0.25) is 15.1 Å². The lowest BCUT2D eigenvalue weighted by molar-refractivity contribution is 0.0976. The lowest BCUT2D eigenvalue weighted by Gasteiger charge is -2.04. The number of benzene rings is 1. The molecule has 0 aliphatic carbocycles. The van der Waals surface area contributed by atoms with Gasteiger partial charge in [-0.15, -0.1) is 0 Å². The molecule has 0 atom stereocenters. The van der Waals surface area contributed by atoms with Gasteiger partial charge in [0.1, 0.15) is 0 Å². The summed E-state index contributed by atoms with van der Waals surface area (Å²) in [6.07, 6.45) is 0. The van der Waals surface area contributed by atoms with E-state index in [4.69, 9.17) is 0 Å². The maximum atomic E-state index is 11.6. The first-order valence-electron chi connectivity index (χ1n) is 4.51. The van der Waals surface area contributed by atoms with Crippen molar-refractivity contribution < 1.29 is 4.79 Å². The van der Waals surface area contributed by atoms with Crippen molar-refractivity contribution in [3.05, 3.63) is 35.9 Å². The smallest absolute Gasteiger partial charge is 0.257 e. The summed E-state index contributed by atoms with van der Waals surface area (Å²) in [6, 6.07) is 9.08. The number of carbonyl (C=O) groups excluding carboxylic acids is 1. The molecule has 0 saturated heterocycles. The highest BCUT2D eigenvalue weighted by atomic mass is 16.1. The molecule has 1 aliphatic rings. The SMILES string of the molecule is O=C(NC1=NCCN1)c1ccccc1. The third kappa shape index (κ3) is 1.90. The van der Waals surface area contributed by atoms with E-state index in [0.717, 1.165) is 13.1 Å². The minimum absolute atomic E-state index is 0.126. The Bertz CT molecular complexity index is 359. The molecule has 72 valence electrons. The number of rotatable bonds is 1. The normalized spacial score (nSPS) is 14.4. The first kappa shape index (κ1) is 8.74. The summed E-state index contributed by atoms with van der Waals surface area (Å²) in [4.78, 5) is 15.6. The highest BCUT2D eigenvalue weighted by Crippen LogP contribution is 1.97. The second kappa shape index (κ2) is 3.91. The van der Waals surface area contributed by atoms with Crippen LogP contribution in [0.4, 0.5) is 0 Å². The zero-order valence-electron chi connectivity index (χ0n) is 7.66. The number of hydrogen-bond donors (Lipinski definition) is 2. The van der Waals surface area contributed by atoms with Gasteiger partial charge >= 0.3 is 0 Å². The van der Waals surface area contributed by atoms with Crippen LogP contribution in [0.5, 0.6) is 0 Å². The van der Waals surface area contributed by atoms with E-state index in [1.54, 1.807) is 12.1 Å². The fraction of sp³-hybridized carbons (Fsp3) is 0.200. The fourth-order valence-corrected chi connectivity index (χ4v) is 1.25. The van der Waals surface area contributed by atoms with Gasteiger partial charge in [-0.2, -0.15) is 0 Å². The van der Waals surface area contributed by atoms with Crippen LogP contribution in [-0.2, 0) is 0 Å². The monoisotopic (exact) mass is 189 g/mol. The Hall–Kier alpha value is -1.84. The molecule has 0 spiro atoms. The van der Waals surface area contributed by atoms with Crippen LogP contribution in [0.2, 0.25) is 0 Å². The summed E-state index contributed by atoms with van der Waals surface area (Å²) in [6.45, 7) is 1.52. The molecular formula is C10H11N3O. The minimum Gasteiger partial charge on any atom is -0.354 e. The number of nitrogens with zero attached hydrogens (tertiary/aromatic N) is 1. The van der Waals surface area contributed by atoms with E-state index < -0.39 is 0 Å². The summed E-state index contributed by atoms with van der Waals surface area (Å²) >= 11 is 0. The average molecular weight is 189 g/mol. The largest absolute Gasteiger partial charge is 0.354 e. The van der Waals surface area contributed by atoms with E-state index >= 15 is 0 Å². The van der Waals surface area contributed by atoms with Gasteiger partial charge in [-0.25, -0.2) is 0 Å². The van der Waals surface area contributed by atoms with E-state index in [9.17, 15) is 4.79 Å². The van der Waals surface area contributed by atoms with Crippen LogP contribution in [-0.4, -0.2) is 25.0 Å². The lowest BCUT2D eigenvalue weighted by atomic mass is 10.2. The van der Waals surface area contributed by atoms with Crippen molar-refractivity contribution in [1.82, 2.24) is 10.6 Å². The van der Waals surface area contributed by atoms with E-state index in [0.29, 0.717) is 11.5 Å². The van der Waals surface area contributed by atoms with Crippen LogP contribution >= 0.6 is 0 Å². The second-order valence-electron chi connectivity index (χ2n) is 2.98. The van der Waals surface area contributed by atoms with Crippen LogP contribution < -0.4 is 10.6 Å². The third-order valence-electron chi connectivity index (χ3n) is 1.94. The van der Waals surface area contributed by atoms with Gasteiger partial charge in [-0.1, -0.05) is 18.2 Å². The van der Waals surface area contributed by atoms with E-state index in [2.05, 4.69) is 15.6 Å². The Kier molecular flexibility index (Phi) is 2.44. The van der Waals surface area contributed by atoms with Crippen LogP contribution in [0.15, 0.2) is 35.3 Å². The van der Waals surface area contributed by atoms with E-state index in [1.165, 1.54) is 0 Å². The van der Waals surface area contributed by atoms with Gasteiger partial charge in [0.2, 0.25) is 0 Å². The maximum absolute atomic E-state index is 11.6. The Labute approximate surface area is 82.0 Å². The zero-order chi connectivity index (χ0) is 9.80. The van der Waals surface area contributed by atoms with Crippen LogP contribution in [0.3, 0.4) is 0 Å². The molecule has 4 heteroatoms. The molecule has 0 saturated carbocycles. The van der Waals surface area contributed by atoms with E-state index in [1.807, 2.05) is 18.2 Å². The maximum Gasteiger partial charge on any atom is 0.257 e. The van der Waals surface area contributed by atoms with Crippen LogP contribution in [0, 0.1) is 0 Å². The van der Waals surface area contributed by atoms with Crippen molar-refractivity contribution in [3.8, 4) is 0 Å². The van der Waals surface area contributed by atoms with E-state index in [-0.39, 0.29) is 5.91 Å². The summed E-state index contributed by atoms with van der Waals surface area (Å²) in [7, 11) is 0. The van der Waals surface area contributed by atoms with Crippen molar-refractivity contribution in [2.45, 2.75) is 0 Å². The Morgan fingerprint density at radius 1 is 1.36 bits per heavy atom. The predicted octanol–water partition coefficient (Wildman–Crippen LogP) is 0.376. The first-order valence-corrected chi connectivity index (χ1v) is 4.51. The minimum atomic E-state index is -0.126. The molecule has 4 nitrogen and oxygen atoms in total. The fourth-order valence-electron chi connectivity index (χ4n) is 1.25. The molecule has 1 amide bonds. The van der Waals surface area contributed by atoms with Gasteiger partial charge in [0, 0.05) is 12.1 Å². The molecule has 1 heterocycles. The number of guanidine groups is 1. The quantitative estimate of drug-likeness (QED) is 0.671. The predicted molar refractivity (Wildman–Crippen MR) is 54.2 cm³/mol. The number of amides is 1. The number of hydrogen-bond acceptors (Lipinski definition) is 3. The molecular weight excluding hydrogens is 178 g/mol. The highest BCUT2D eigenvalue weighted by molar-refractivity contribution is 6.05. The molecule has 0 fully saturated rings. The van der Waals surface area contributed by atoms with Gasteiger partial charge in [0.15, 0.2) is 5.96 Å². The number of carbonyl (C=O) groups is 1. The molecule has 0 unspecified atom stereocenters. The highest BCUT2D eigenvalue weighted by Gasteiger charge is 2.10.